The fraction of sp³-hybridized carbons (Fsp3) is 0.483. The zero-order valence-electron chi connectivity index (χ0n) is 21.8. The van der Waals surface area contributed by atoms with E-state index in [0.717, 1.165) is 17.5 Å². The number of benzene rings is 2. The van der Waals surface area contributed by atoms with Crippen LogP contribution < -0.4 is 10.6 Å². The van der Waals surface area contributed by atoms with Gasteiger partial charge in [0.2, 0.25) is 17.7 Å². The monoisotopic (exact) mass is 555 g/mol. The first-order chi connectivity index (χ1) is 18.2. The molecule has 0 radical (unpaired) electrons. The van der Waals surface area contributed by atoms with Crippen molar-refractivity contribution in [1.82, 2.24) is 10.2 Å². The lowest BCUT2D eigenvalue weighted by atomic mass is 9.66. The summed E-state index contributed by atoms with van der Waals surface area (Å²) < 4.78 is -0.766. The van der Waals surface area contributed by atoms with E-state index in [1.165, 1.54) is 0 Å². The van der Waals surface area contributed by atoms with Crippen molar-refractivity contribution < 1.29 is 19.5 Å². The zero-order chi connectivity index (χ0) is 27.2. The van der Waals surface area contributed by atoms with E-state index >= 15 is 0 Å². The Morgan fingerprint density at radius 1 is 1.18 bits per heavy atom. The van der Waals surface area contributed by atoms with Gasteiger partial charge in [0.25, 0.3) is 0 Å². The van der Waals surface area contributed by atoms with Crippen LogP contribution in [0, 0.1) is 24.7 Å². The molecular weight excluding hydrogens is 522 g/mol. The van der Waals surface area contributed by atoms with Gasteiger partial charge in [0.15, 0.2) is 0 Å². The quantitative estimate of drug-likeness (QED) is 0.457. The van der Waals surface area contributed by atoms with Gasteiger partial charge in [-0.15, -0.1) is 11.8 Å². The highest BCUT2D eigenvalue weighted by molar-refractivity contribution is 8.02. The topological polar surface area (TPSA) is 98.7 Å². The number of aliphatic hydroxyl groups excluding tert-OH is 1. The number of rotatable bonds is 8. The first-order valence-corrected chi connectivity index (χ1v) is 14.5. The lowest BCUT2D eigenvalue weighted by Crippen LogP contribution is -2.57. The number of carbonyl (C=O) groups excluding carboxylic acids is 3. The Kier molecular flexibility index (Phi) is 7.50. The molecule has 2 bridgehead atoms. The summed E-state index contributed by atoms with van der Waals surface area (Å²) in [6.07, 6.45) is 1.24. The Morgan fingerprint density at radius 2 is 1.92 bits per heavy atom. The van der Waals surface area contributed by atoms with Crippen LogP contribution in [0.1, 0.15) is 37.8 Å². The fourth-order valence-corrected chi connectivity index (χ4v) is 9.43. The molecule has 3 saturated heterocycles. The van der Waals surface area contributed by atoms with Crippen molar-refractivity contribution in [2.24, 2.45) is 17.8 Å². The molecule has 3 aliphatic rings. The Labute approximate surface area is 232 Å². The lowest BCUT2D eigenvalue weighted by molar-refractivity contribution is -0.142. The average molecular weight is 556 g/mol. The third-order valence-electron chi connectivity index (χ3n) is 8.59. The number of thioether (sulfide) groups is 1. The average Bonchev–Trinajstić information content (AvgIpc) is 3.50. The van der Waals surface area contributed by atoms with E-state index in [9.17, 15) is 19.5 Å². The van der Waals surface area contributed by atoms with Crippen molar-refractivity contribution >= 4 is 46.8 Å². The number of nitrogens with zero attached hydrogens (tertiary/aromatic N) is 1. The zero-order valence-corrected chi connectivity index (χ0v) is 23.4. The van der Waals surface area contributed by atoms with Gasteiger partial charge in [0, 0.05) is 11.8 Å². The maximum Gasteiger partial charge on any atom is 0.248 e. The van der Waals surface area contributed by atoms with E-state index in [1.54, 1.807) is 22.7 Å². The van der Waals surface area contributed by atoms with Crippen LogP contribution in [0.3, 0.4) is 0 Å². The highest BCUT2D eigenvalue weighted by atomic mass is 35.5. The molecule has 7 nitrogen and oxygen atoms in total. The molecule has 9 heteroatoms. The van der Waals surface area contributed by atoms with Crippen LogP contribution >= 0.6 is 23.4 Å². The Balaban J connectivity index is 1.50. The number of fused-ring (bicyclic) bond motifs is 1. The number of halogens is 1. The molecule has 1 spiro atoms. The van der Waals surface area contributed by atoms with E-state index in [0.29, 0.717) is 23.7 Å². The molecule has 0 aromatic heterocycles. The smallest absolute Gasteiger partial charge is 0.248 e. The molecule has 2 aromatic rings. The van der Waals surface area contributed by atoms with Gasteiger partial charge in [0.05, 0.1) is 39.9 Å². The van der Waals surface area contributed by atoms with Gasteiger partial charge in [0.1, 0.15) is 6.04 Å². The molecule has 3 amide bonds. The first-order valence-electron chi connectivity index (χ1n) is 13.2. The van der Waals surface area contributed by atoms with E-state index in [1.807, 2.05) is 56.3 Å². The number of hydrogen-bond acceptors (Lipinski definition) is 5. The number of anilines is 1. The van der Waals surface area contributed by atoms with E-state index in [-0.39, 0.29) is 35.5 Å². The standard InChI is InChI=1S/C29H34ClN3O4S/c1-4-19(15-34)33-25(27(36)32-24-16(2)9-8-12-20(24)30)29-17(3)13-21(38-29)22(23(29)28(33)37)26(35)31-14-18-10-6-5-7-11-18/h5-12,17,19,21-23,25,34H,4,13-15H2,1-3H3,(H,31,35)(H,32,36)/t17?,19-,21-,22+,23-,25?,29?/m0/s1. The molecule has 7 atom stereocenters. The number of amides is 3. The van der Waals surface area contributed by atoms with Gasteiger partial charge in [-0.25, -0.2) is 0 Å². The summed E-state index contributed by atoms with van der Waals surface area (Å²) in [6.45, 7) is 5.97. The van der Waals surface area contributed by atoms with E-state index in [2.05, 4.69) is 17.6 Å². The van der Waals surface area contributed by atoms with Crippen LogP contribution in [0.2, 0.25) is 5.02 Å². The Bertz CT molecular complexity index is 1220. The highest BCUT2D eigenvalue weighted by Crippen LogP contribution is 2.68. The van der Waals surface area contributed by atoms with Crippen LogP contribution in [-0.2, 0) is 20.9 Å². The normalized spacial score (nSPS) is 30.3. The van der Waals surface area contributed by atoms with E-state index in [4.69, 9.17) is 11.6 Å². The summed E-state index contributed by atoms with van der Waals surface area (Å²) in [6, 6.07) is 13.7. The summed E-state index contributed by atoms with van der Waals surface area (Å²) in [4.78, 5) is 43.5. The molecule has 3 aliphatic heterocycles. The minimum absolute atomic E-state index is 0.0360. The van der Waals surface area contributed by atoms with Gasteiger partial charge in [-0.2, -0.15) is 0 Å². The molecule has 2 aromatic carbocycles. The van der Waals surface area contributed by atoms with Gasteiger partial charge in [-0.05, 0) is 42.9 Å². The van der Waals surface area contributed by atoms with Gasteiger partial charge >= 0.3 is 0 Å². The van der Waals surface area contributed by atoms with Gasteiger partial charge in [-0.3, -0.25) is 14.4 Å². The first kappa shape index (κ1) is 27.0. The molecule has 3 N–H and O–H groups in total. The van der Waals surface area contributed by atoms with Crippen molar-refractivity contribution in [2.45, 2.75) is 62.2 Å². The van der Waals surface area contributed by atoms with Crippen molar-refractivity contribution in [2.75, 3.05) is 11.9 Å². The minimum Gasteiger partial charge on any atom is -0.394 e. The molecule has 202 valence electrons. The summed E-state index contributed by atoms with van der Waals surface area (Å²) in [5, 5.41) is 16.7. The molecular formula is C29H34ClN3O4S. The largest absolute Gasteiger partial charge is 0.394 e. The lowest BCUT2D eigenvalue weighted by Gasteiger charge is -2.40. The maximum atomic E-state index is 14.2. The maximum absolute atomic E-state index is 14.2. The third kappa shape index (κ3) is 4.21. The molecule has 38 heavy (non-hydrogen) atoms. The summed E-state index contributed by atoms with van der Waals surface area (Å²) in [5.74, 6) is -1.84. The molecule has 5 rings (SSSR count). The second-order valence-electron chi connectivity index (χ2n) is 10.7. The van der Waals surface area contributed by atoms with E-state index < -0.39 is 28.7 Å². The van der Waals surface area contributed by atoms with Gasteiger partial charge < -0.3 is 20.6 Å². The summed E-state index contributed by atoms with van der Waals surface area (Å²) in [5.41, 5.74) is 2.32. The number of carbonyl (C=O) groups is 3. The van der Waals surface area contributed by atoms with Crippen LogP contribution in [0.4, 0.5) is 5.69 Å². The summed E-state index contributed by atoms with van der Waals surface area (Å²) >= 11 is 8.05. The number of likely N-dealkylation sites (tertiary alicyclic amines) is 1. The Hall–Kier alpha value is -2.55. The van der Waals surface area contributed by atoms with Crippen LogP contribution in [-0.4, -0.2) is 56.4 Å². The van der Waals surface area contributed by atoms with Gasteiger partial charge in [-0.1, -0.05) is 67.9 Å². The second-order valence-corrected chi connectivity index (χ2v) is 12.6. The molecule has 0 aliphatic carbocycles. The van der Waals surface area contributed by atoms with Crippen molar-refractivity contribution in [3.63, 3.8) is 0 Å². The van der Waals surface area contributed by atoms with Crippen LogP contribution in [0.25, 0.3) is 0 Å². The number of aryl methyl sites for hydroxylation is 1. The van der Waals surface area contributed by atoms with Crippen LogP contribution in [0.5, 0.6) is 0 Å². The van der Waals surface area contributed by atoms with Crippen LogP contribution in [0.15, 0.2) is 48.5 Å². The van der Waals surface area contributed by atoms with Crippen molar-refractivity contribution in [3.8, 4) is 0 Å². The number of hydrogen-bond donors (Lipinski definition) is 3. The predicted octanol–water partition coefficient (Wildman–Crippen LogP) is 4.01. The molecule has 3 unspecified atom stereocenters. The predicted molar refractivity (Wildman–Crippen MR) is 150 cm³/mol. The minimum atomic E-state index is -0.829. The molecule has 0 saturated carbocycles. The Morgan fingerprint density at radius 3 is 2.58 bits per heavy atom. The third-order valence-corrected chi connectivity index (χ3v) is 11.0. The van der Waals surface area contributed by atoms with Crippen molar-refractivity contribution in [3.05, 3.63) is 64.7 Å². The molecule has 3 fully saturated rings. The number of para-hydroxylation sites is 1. The summed E-state index contributed by atoms with van der Waals surface area (Å²) in [7, 11) is 0. The van der Waals surface area contributed by atoms with Crippen molar-refractivity contribution in [1.29, 1.82) is 0 Å². The number of nitrogens with one attached hydrogen (secondary N) is 2. The second kappa shape index (κ2) is 10.5. The fourth-order valence-electron chi connectivity index (χ4n) is 6.75. The molecule has 3 heterocycles. The highest BCUT2D eigenvalue weighted by Gasteiger charge is 2.76. The number of aliphatic hydroxyl groups is 1. The SMILES string of the molecule is CC[C@@H](CO)N1C(=O)[C@@H]2[C@H](C(=O)NCc3ccccc3)[C@@H]3CC(C)C2(S3)C1C(=O)Nc1c(C)cccc1Cl.